The minimum absolute atomic E-state index is 0.374. The molecule has 19 heavy (non-hydrogen) atoms. The molecular formula is C14H15Cl2NO2. The van der Waals surface area contributed by atoms with Gasteiger partial charge < -0.3 is 14.8 Å². The summed E-state index contributed by atoms with van der Waals surface area (Å²) in [7, 11) is 0. The van der Waals surface area contributed by atoms with Gasteiger partial charge in [-0.1, -0.05) is 23.2 Å². The van der Waals surface area contributed by atoms with Gasteiger partial charge in [-0.15, -0.1) is 0 Å². The number of halogens is 2. The Labute approximate surface area is 122 Å². The van der Waals surface area contributed by atoms with Crippen molar-refractivity contribution < 1.29 is 9.52 Å². The van der Waals surface area contributed by atoms with Gasteiger partial charge in [0.25, 0.3) is 0 Å². The van der Waals surface area contributed by atoms with E-state index in [2.05, 4.69) is 5.32 Å². The van der Waals surface area contributed by atoms with Crippen LogP contribution >= 0.6 is 23.2 Å². The Hall–Kier alpha value is -1.00. The van der Waals surface area contributed by atoms with E-state index in [0.29, 0.717) is 23.1 Å². The van der Waals surface area contributed by atoms with Gasteiger partial charge >= 0.3 is 0 Å². The summed E-state index contributed by atoms with van der Waals surface area (Å²) in [6.45, 7) is 2.83. The Balaban J connectivity index is 2.07. The van der Waals surface area contributed by atoms with Crippen molar-refractivity contribution in [2.45, 2.75) is 19.6 Å². The van der Waals surface area contributed by atoms with Crippen LogP contribution in [0, 0.1) is 0 Å². The van der Waals surface area contributed by atoms with Gasteiger partial charge in [-0.2, -0.15) is 0 Å². The van der Waals surface area contributed by atoms with E-state index >= 15 is 0 Å². The molecule has 0 aliphatic carbocycles. The maximum Gasteiger partial charge on any atom is 0.134 e. The topological polar surface area (TPSA) is 45.4 Å². The molecule has 0 saturated carbocycles. The van der Waals surface area contributed by atoms with Crippen molar-refractivity contribution in [3.8, 4) is 11.3 Å². The number of nitrogens with one attached hydrogen (secondary N) is 1. The fourth-order valence-corrected chi connectivity index (χ4v) is 2.25. The molecule has 0 aliphatic rings. The molecule has 2 N–H and O–H groups in total. The smallest absolute Gasteiger partial charge is 0.134 e. The van der Waals surface area contributed by atoms with Crippen molar-refractivity contribution >= 4 is 23.2 Å². The lowest BCUT2D eigenvalue weighted by Gasteiger charge is -2.04. The number of aliphatic hydroxyl groups is 1. The highest BCUT2D eigenvalue weighted by Crippen LogP contribution is 2.28. The molecule has 102 valence electrons. The van der Waals surface area contributed by atoms with Gasteiger partial charge in [0.05, 0.1) is 12.6 Å². The predicted molar refractivity (Wildman–Crippen MR) is 77.6 cm³/mol. The van der Waals surface area contributed by atoms with Gasteiger partial charge in [0.2, 0.25) is 0 Å². The van der Waals surface area contributed by atoms with Crippen LogP contribution in [-0.2, 0) is 6.54 Å². The van der Waals surface area contributed by atoms with E-state index in [-0.39, 0.29) is 6.10 Å². The second-order valence-electron chi connectivity index (χ2n) is 4.40. The highest BCUT2D eigenvalue weighted by Gasteiger charge is 2.07. The molecule has 0 bridgehead atoms. The SMILES string of the molecule is C[C@H](O)CNCc1ccc(-c2cc(Cl)cc(Cl)c2)o1. The van der Waals surface area contributed by atoms with Crippen LogP contribution in [0.2, 0.25) is 10.0 Å². The van der Waals surface area contributed by atoms with Gasteiger partial charge in [0, 0.05) is 22.2 Å². The predicted octanol–water partition coefficient (Wildman–Crippen LogP) is 3.72. The van der Waals surface area contributed by atoms with Crippen molar-refractivity contribution in [2.24, 2.45) is 0 Å². The largest absolute Gasteiger partial charge is 0.460 e. The molecule has 0 saturated heterocycles. The molecule has 0 unspecified atom stereocenters. The molecule has 1 atom stereocenters. The van der Waals surface area contributed by atoms with E-state index in [0.717, 1.165) is 17.1 Å². The van der Waals surface area contributed by atoms with Gasteiger partial charge in [-0.25, -0.2) is 0 Å². The third-order valence-electron chi connectivity index (χ3n) is 2.55. The van der Waals surface area contributed by atoms with Gasteiger partial charge in [0.15, 0.2) is 0 Å². The first kappa shape index (κ1) is 14.4. The van der Waals surface area contributed by atoms with Crippen LogP contribution in [0.4, 0.5) is 0 Å². The fraction of sp³-hybridized carbons (Fsp3) is 0.286. The Morgan fingerprint density at radius 2 is 1.89 bits per heavy atom. The molecule has 0 fully saturated rings. The molecule has 0 aliphatic heterocycles. The second kappa shape index (κ2) is 6.44. The van der Waals surface area contributed by atoms with Crippen LogP contribution in [0.25, 0.3) is 11.3 Å². The number of hydrogen-bond acceptors (Lipinski definition) is 3. The first-order chi connectivity index (χ1) is 9.04. The molecule has 2 aromatic rings. The maximum absolute atomic E-state index is 9.15. The zero-order valence-electron chi connectivity index (χ0n) is 10.5. The summed E-state index contributed by atoms with van der Waals surface area (Å²) < 4.78 is 5.70. The van der Waals surface area contributed by atoms with E-state index < -0.39 is 0 Å². The van der Waals surface area contributed by atoms with Gasteiger partial charge in [-0.05, 0) is 37.3 Å². The minimum Gasteiger partial charge on any atom is -0.460 e. The first-order valence-electron chi connectivity index (χ1n) is 5.98. The van der Waals surface area contributed by atoms with E-state index in [1.165, 1.54) is 0 Å². The number of aliphatic hydroxyl groups excluding tert-OH is 1. The third kappa shape index (κ3) is 4.25. The summed E-state index contributed by atoms with van der Waals surface area (Å²) >= 11 is 11.9. The van der Waals surface area contributed by atoms with Crippen molar-refractivity contribution in [3.63, 3.8) is 0 Å². The molecule has 0 radical (unpaired) electrons. The molecular weight excluding hydrogens is 285 g/mol. The van der Waals surface area contributed by atoms with Crippen LogP contribution in [0.3, 0.4) is 0 Å². The van der Waals surface area contributed by atoms with E-state index in [1.807, 2.05) is 12.1 Å². The molecule has 5 heteroatoms. The van der Waals surface area contributed by atoms with Gasteiger partial charge in [0.1, 0.15) is 11.5 Å². The first-order valence-corrected chi connectivity index (χ1v) is 6.74. The molecule has 0 amide bonds. The van der Waals surface area contributed by atoms with Crippen molar-refractivity contribution in [1.82, 2.24) is 5.32 Å². The molecule has 1 aromatic carbocycles. The van der Waals surface area contributed by atoms with Crippen molar-refractivity contribution in [2.75, 3.05) is 6.54 Å². The lowest BCUT2D eigenvalue weighted by Crippen LogP contribution is -2.23. The lowest BCUT2D eigenvalue weighted by molar-refractivity contribution is 0.190. The summed E-state index contributed by atoms with van der Waals surface area (Å²) in [5, 5.41) is 13.4. The van der Waals surface area contributed by atoms with Crippen molar-refractivity contribution in [1.29, 1.82) is 0 Å². The molecule has 3 nitrogen and oxygen atoms in total. The summed E-state index contributed by atoms with van der Waals surface area (Å²) in [6, 6.07) is 9.06. The minimum atomic E-state index is -0.374. The van der Waals surface area contributed by atoms with Crippen molar-refractivity contribution in [3.05, 3.63) is 46.1 Å². The molecule has 2 rings (SSSR count). The fourth-order valence-electron chi connectivity index (χ4n) is 1.73. The van der Waals surface area contributed by atoms with Crippen LogP contribution < -0.4 is 5.32 Å². The molecule has 1 aromatic heterocycles. The molecule has 0 spiro atoms. The number of benzene rings is 1. The summed E-state index contributed by atoms with van der Waals surface area (Å²) in [6.07, 6.45) is -0.374. The van der Waals surface area contributed by atoms with Crippen LogP contribution in [-0.4, -0.2) is 17.8 Å². The standard InChI is InChI=1S/C14H15Cl2NO2/c1-9(18)7-17-8-13-2-3-14(19-13)10-4-11(15)6-12(16)5-10/h2-6,9,17-18H,7-8H2,1H3/t9-/m0/s1. The number of furan rings is 1. The average molecular weight is 300 g/mol. The van der Waals surface area contributed by atoms with Crippen LogP contribution in [0.15, 0.2) is 34.7 Å². The second-order valence-corrected chi connectivity index (χ2v) is 5.28. The number of rotatable bonds is 5. The Bertz CT molecular complexity index is 532. The Kier molecular flexibility index (Phi) is 4.88. The Morgan fingerprint density at radius 1 is 1.21 bits per heavy atom. The monoisotopic (exact) mass is 299 g/mol. The maximum atomic E-state index is 9.15. The summed E-state index contributed by atoms with van der Waals surface area (Å²) in [4.78, 5) is 0. The van der Waals surface area contributed by atoms with Crippen LogP contribution in [0.5, 0.6) is 0 Å². The van der Waals surface area contributed by atoms with E-state index in [1.54, 1.807) is 25.1 Å². The Morgan fingerprint density at radius 3 is 2.53 bits per heavy atom. The van der Waals surface area contributed by atoms with E-state index in [9.17, 15) is 0 Å². The number of hydrogen-bond donors (Lipinski definition) is 2. The summed E-state index contributed by atoms with van der Waals surface area (Å²) in [5.41, 5.74) is 0.847. The highest BCUT2D eigenvalue weighted by atomic mass is 35.5. The van der Waals surface area contributed by atoms with E-state index in [4.69, 9.17) is 32.7 Å². The molecule has 1 heterocycles. The van der Waals surface area contributed by atoms with Crippen LogP contribution in [0.1, 0.15) is 12.7 Å². The summed E-state index contributed by atoms with van der Waals surface area (Å²) in [5.74, 6) is 1.52. The zero-order valence-corrected chi connectivity index (χ0v) is 12.0. The lowest BCUT2D eigenvalue weighted by atomic mass is 10.2. The normalized spacial score (nSPS) is 12.6. The zero-order chi connectivity index (χ0) is 13.8. The quantitative estimate of drug-likeness (QED) is 0.884. The van der Waals surface area contributed by atoms with Gasteiger partial charge in [-0.3, -0.25) is 0 Å². The third-order valence-corrected chi connectivity index (χ3v) is 2.98. The highest BCUT2D eigenvalue weighted by molar-refractivity contribution is 6.35. The average Bonchev–Trinajstić information content (AvgIpc) is 2.76.